The lowest BCUT2D eigenvalue weighted by Crippen LogP contribution is -2.09. The Labute approximate surface area is 113 Å². The van der Waals surface area contributed by atoms with Crippen LogP contribution >= 0.6 is 11.6 Å². The molecule has 0 saturated heterocycles. The average Bonchev–Trinajstić information content (AvgIpc) is 2.95. The van der Waals surface area contributed by atoms with Gasteiger partial charge in [0.15, 0.2) is 0 Å². The van der Waals surface area contributed by atoms with E-state index in [0.717, 1.165) is 17.8 Å². The van der Waals surface area contributed by atoms with Gasteiger partial charge < -0.3 is 4.57 Å². The maximum atomic E-state index is 5.92. The molecule has 1 aromatic heterocycles. The molecule has 0 atom stereocenters. The average molecular weight is 263 g/mol. The number of benzene rings is 1. The first-order valence-electron chi connectivity index (χ1n) is 6.83. The number of alkyl halides is 1. The molecule has 0 spiro atoms. The molecule has 1 aliphatic rings. The van der Waals surface area contributed by atoms with E-state index in [1.54, 1.807) is 0 Å². The number of rotatable bonds is 3. The summed E-state index contributed by atoms with van der Waals surface area (Å²) in [5.74, 6) is 1.81. The van der Waals surface area contributed by atoms with Crippen LogP contribution in [0, 0.1) is 6.92 Å². The van der Waals surface area contributed by atoms with Crippen molar-refractivity contribution in [3.05, 3.63) is 29.6 Å². The summed E-state index contributed by atoms with van der Waals surface area (Å²) >= 11 is 5.92. The summed E-state index contributed by atoms with van der Waals surface area (Å²) in [5.41, 5.74) is 3.72. The molecule has 1 saturated carbocycles. The zero-order valence-corrected chi connectivity index (χ0v) is 11.6. The maximum Gasteiger partial charge on any atom is 0.111 e. The molecule has 0 aliphatic heterocycles. The van der Waals surface area contributed by atoms with E-state index in [9.17, 15) is 0 Å². The number of fused-ring (bicyclic) bond motifs is 1. The fourth-order valence-electron chi connectivity index (χ4n) is 3.08. The molecule has 0 amide bonds. The smallest absolute Gasteiger partial charge is 0.111 e. The van der Waals surface area contributed by atoms with Crippen LogP contribution < -0.4 is 0 Å². The second-order valence-corrected chi connectivity index (χ2v) is 5.65. The highest BCUT2D eigenvalue weighted by Gasteiger charge is 2.22. The predicted octanol–water partition coefficient (Wildman–Crippen LogP) is 4.24. The lowest BCUT2D eigenvalue weighted by molar-refractivity contribution is 0.513. The molecule has 1 aromatic carbocycles. The summed E-state index contributed by atoms with van der Waals surface area (Å²) in [6, 6.07) is 7.17. The topological polar surface area (TPSA) is 17.8 Å². The van der Waals surface area contributed by atoms with E-state index in [2.05, 4.69) is 29.7 Å². The van der Waals surface area contributed by atoms with Crippen LogP contribution in [-0.4, -0.2) is 15.4 Å². The summed E-state index contributed by atoms with van der Waals surface area (Å²) in [7, 11) is 0. The van der Waals surface area contributed by atoms with Crippen LogP contribution in [0.5, 0.6) is 0 Å². The van der Waals surface area contributed by atoms with Gasteiger partial charge in [0.05, 0.1) is 11.0 Å². The summed E-state index contributed by atoms with van der Waals surface area (Å²) in [6.07, 6.45) is 6.13. The van der Waals surface area contributed by atoms with Gasteiger partial charge in [0.2, 0.25) is 0 Å². The van der Waals surface area contributed by atoms with Gasteiger partial charge in [-0.05, 0) is 37.5 Å². The third kappa shape index (κ3) is 2.03. The Morgan fingerprint density at radius 2 is 2.11 bits per heavy atom. The molecule has 2 nitrogen and oxygen atoms in total. The minimum Gasteiger partial charge on any atom is -0.325 e. The number of aromatic nitrogens is 2. The Balaban J connectivity index is 2.16. The van der Waals surface area contributed by atoms with E-state index in [0.29, 0.717) is 11.9 Å². The van der Waals surface area contributed by atoms with Crippen molar-refractivity contribution in [3.8, 4) is 0 Å². The van der Waals surface area contributed by atoms with E-state index in [1.165, 1.54) is 36.8 Å². The van der Waals surface area contributed by atoms with Crippen LogP contribution in [-0.2, 0) is 6.42 Å². The van der Waals surface area contributed by atoms with Gasteiger partial charge in [-0.25, -0.2) is 4.98 Å². The normalized spacial score (nSPS) is 16.8. The molecule has 1 heterocycles. The maximum absolute atomic E-state index is 5.92. The monoisotopic (exact) mass is 262 g/mol. The molecule has 0 bridgehead atoms. The molecule has 1 fully saturated rings. The van der Waals surface area contributed by atoms with E-state index in [-0.39, 0.29) is 0 Å². The van der Waals surface area contributed by atoms with Crippen LogP contribution in [0.1, 0.15) is 43.1 Å². The first kappa shape index (κ1) is 12.0. The second-order valence-electron chi connectivity index (χ2n) is 5.27. The molecular formula is C15H19ClN2. The second kappa shape index (κ2) is 4.93. The molecule has 3 rings (SSSR count). The standard InChI is InChI=1S/C15H19ClN2/c1-11-6-7-13-14(10-11)18(12-4-2-3-5-12)15(17-13)8-9-16/h6-7,10,12H,2-5,8-9H2,1H3. The number of aryl methyl sites for hydroxylation is 2. The molecule has 0 radical (unpaired) electrons. The molecule has 96 valence electrons. The van der Waals surface area contributed by atoms with Crippen LogP contribution in [0.15, 0.2) is 18.2 Å². The molecule has 3 heteroatoms. The van der Waals surface area contributed by atoms with Gasteiger partial charge >= 0.3 is 0 Å². The molecule has 0 N–H and O–H groups in total. The van der Waals surface area contributed by atoms with Crippen molar-refractivity contribution in [2.45, 2.75) is 45.1 Å². The first-order chi connectivity index (χ1) is 8.79. The summed E-state index contributed by atoms with van der Waals surface area (Å²) in [6.45, 7) is 2.15. The lowest BCUT2D eigenvalue weighted by Gasteiger charge is -2.16. The van der Waals surface area contributed by atoms with Gasteiger partial charge in [0, 0.05) is 18.3 Å². The SMILES string of the molecule is Cc1ccc2nc(CCCl)n(C3CCCC3)c2c1. The number of imidazole rings is 1. The Bertz CT molecular complexity index is 553. The van der Waals surface area contributed by atoms with Crippen molar-refractivity contribution in [2.24, 2.45) is 0 Å². The minimum atomic E-state index is 0.634. The van der Waals surface area contributed by atoms with Gasteiger partial charge in [-0.1, -0.05) is 18.9 Å². The van der Waals surface area contributed by atoms with Crippen molar-refractivity contribution in [2.75, 3.05) is 5.88 Å². The van der Waals surface area contributed by atoms with E-state index in [1.807, 2.05) is 0 Å². The highest BCUT2D eigenvalue weighted by molar-refractivity contribution is 6.17. The third-order valence-electron chi connectivity index (χ3n) is 3.93. The van der Waals surface area contributed by atoms with Crippen LogP contribution in [0.25, 0.3) is 11.0 Å². The van der Waals surface area contributed by atoms with Crippen molar-refractivity contribution in [1.82, 2.24) is 9.55 Å². The van der Waals surface area contributed by atoms with Gasteiger partial charge in [0.1, 0.15) is 5.82 Å². The largest absolute Gasteiger partial charge is 0.325 e. The highest BCUT2D eigenvalue weighted by Crippen LogP contribution is 2.34. The Hall–Kier alpha value is -1.02. The first-order valence-corrected chi connectivity index (χ1v) is 7.36. The lowest BCUT2D eigenvalue weighted by atomic mass is 10.2. The summed E-state index contributed by atoms with van der Waals surface area (Å²) < 4.78 is 2.46. The van der Waals surface area contributed by atoms with Gasteiger partial charge in [-0.3, -0.25) is 0 Å². The fraction of sp³-hybridized carbons (Fsp3) is 0.533. The molecule has 18 heavy (non-hydrogen) atoms. The Morgan fingerprint density at radius 3 is 2.83 bits per heavy atom. The third-order valence-corrected chi connectivity index (χ3v) is 4.11. The van der Waals surface area contributed by atoms with Crippen molar-refractivity contribution in [1.29, 1.82) is 0 Å². The van der Waals surface area contributed by atoms with Crippen LogP contribution in [0.3, 0.4) is 0 Å². The van der Waals surface area contributed by atoms with Gasteiger partial charge in [-0.2, -0.15) is 0 Å². The van der Waals surface area contributed by atoms with E-state index < -0.39 is 0 Å². The predicted molar refractivity (Wildman–Crippen MR) is 76.4 cm³/mol. The molecule has 0 unspecified atom stereocenters. The highest BCUT2D eigenvalue weighted by atomic mass is 35.5. The minimum absolute atomic E-state index is 0.634. The van der Waals surface area contributed by atoms with Crippen molar-refractivity contribution < 1.29 is 0 Å². The Morgan fingerprint density at radius 1 is 1.33 bits per heavy atom. The number of nitrogens with zero attached hydrogens (tertiary/aromatic N) is 2. The van der Waals surface area contributed by atoms with Crippen molar-refractivity contribution in [3.63, 3.8) is 0 Å². The van der Waals surface area contributed by atoms with E-state index in [4.69, 9.17) is 16.6 Å². The van der Waals surface area contributed by atoms with Crippen LogP contribution in [0.2, 0.25) is 0 Å². The zero-order valence-electron chi connectivity index (χ0n) is 10.8. The van der Waals surface area contributed by atoms with Gasteiger partial charge in [0.25, 0.3) is 0 Å². The number of halogens is 1. The molecule has 1 aliphatic carbocycles. The number of hydrogen-bond acceptors (Lipinski definition) is 1. The summed E-state index contributed by atoms with van der Waals surface area (Å²) in [4.78, 5) is 4.77. The quantitative estimate of drug-likeness (QED) is 0.757. The molecular weight excluding hydrogens is 244 g/mol. The van der Waals surface area contributed by atoms with Gasteiger partial charge in [-0.15, -0.1) is 11.6 Å². The van der Waals surface area contributed by atoms with Crippen LogP contribution in [0.4, 0.5) is 0 Å². The van der Waals surface area contributed by atoms with E-state index >= 15 is 0 Å². The number of hydrogen-bond donors (Lipinski definition) is 0. The summed E-state index contributed by atoms with van der Waals surface area (Å²) in [5, 5.41) is 0. The zero-order chi connectivity index (χ0) is 12.5. The fourth-order valence-corrected chi connectivity index (χ4v) is 3.25. The molecule has 2 aromatic rings. The van der Waals surface area contributed by atoms with Crippen molar-refractivity contribution >= 4 is 22.6 Å². The Kier molecular flexibility index (Phi) is 3.29.